The highest BCUT2D eigenvalue weighted by molar-refractivity contribution is 7.89. The van der Waals surface area contributed by atoms with Crippen LogP contribution in [0.4, 0.5) is 10.2 Å². The molecule has 1 aliphatic heterocycles. The molecule has 2 aromatic rings. The van der Waals surface area contributed by atoms with Crippen LogP contribution in [0.15, 0.2) is 29.2 Å². The maximum atomic E-state index is 13.7. The summed E-state index contributed by atoms with van der Waals surface area (Å²) < 4.78 is 51.0. The average Bonchev–Trinajstić information content (AvgIpc) is 3.19. The minimum absolute atomic E-state index is 0.0120. The summed E-state index contributed by atoms with van der Waals surface area (Å²) in [5, 5.41) is 0. The Morgan fingerprint density at radius 2 is 1.96 bits per heavy atom. The number of nitrogens with zero attached hydrogens (tertiary/aromatic N) is 3. The fourth-order valence-corrected chi connectivity index (χ4v) is 3.96. The fraction of sp³-hybridized carbons (Fsp3) is 0.444. The molecule has 1 aromatic carbocycles. The van der Waals surface area contributed by atoms with Gasteiger partial charge in [-0.2, -0.15) is 4.98 Å². The molecule has 152 valence electrons. The normalized spacial score (nSPS) is 14.3. The molecule has 1 N–H and O–H groups in total. The molecule has 1 aromatic heterocycles. The first kappa shape index (κ1) is 20.3. The van der Waals surface area contributed by atoms with Crippen LogP contribution in [0.2, 0.25) is 0 Å². The molecule has 3 rings (SSSR count). The second-order valence-electron chi connectivity index (χ2n) is 6.35. The standard InChI is InChI=1S/C18H23FN4O4S/c1-13-21-17(23-8-3-4-9-23)12-18(22-13)27-10-7-20-28(24,25)14-5-6-16(26-2)15(19)11-14/h5-6,11-12,20H,3-4,7-10H2,1-2H3. The van der Waals surface area contributed by atoms with Crippen LogP contribution in [-0.2, 0) is 10.0 Å². The van der Waals surface area contributed by atoms with Gasteiger partial charge >= 0.3 is 0 Å². The lowest BCUT2D eigenvalue weighted by Gasteiger charge is -2.17. The molecule has 0 saturated carbocycles. The Morgan fingerprint density at radius 3 is 2.64 bits per heavy atom. The van der Waals surface area contributed by atoms with E-state index < -0.39 is 15.8 Å². The Balaban J connectivity index is 1.57. The molecule has 0 bridgehead atoms. The number of ether oxygens (including phenoxy) is 2. The molecule has 0 unspecified atom stereocenters. The van der Waals surface area contributed by atoms with E-state index in [0.717, 1.165) is 37.8 Å². The lowest BCUT2D eigenvalue weighted by Crippen LogP contribution is -2.28. The molecule has 1 aliphatic rings. The third-order valence-corrected chi connectivity index (χ3v) is 5.77. The second-order valence-corrected chi connectivity index (χ2v) is 8.12. The van der Waals surface area contributed by atoms with E-state index >= 15 is 0 Å². The van der Waals surface area contributed by atoms with Crippen molar-refractivity contribution in [2.24, 2.45) is 0 Å². The van der Waals surface area contributed by atoms with Crippen molar-refractivity contribution in [3.8, 4) is 11.6 Å². The summed E-state index contributed by atoms with van der Waals surface area (Å²) in [6.07, 6.45) is 2.26. The van der Waals surface area contributed by atoms with Gasteiger partial charge in [-0.3, -0.25) is 0 Å². The predicted octanol–water partition coefficient (Wildman–Crippen LogP) is 1.89. The van der Waals surface area contributed by atoms with Crippen molar-refractivity contribution >= 4 is 15.8 Å². The number of anilines is 1. The lowest BCUT2D eigenvalue weighted by atomic mass is 10.3. The van der Waals surface area contributed by atoms with Gasteiger partial charge in [-0.05, 0) is 38.0 Å². The Kier molecular flexibility index (Phi) is 6.30. The number of methoxy groups -OCH3 is 1. The quantitative estimate of drug-likeness (QED) is 0.664. The van der Waals surface area contributed by atoms with Crippen molar-refractivity contribution in [3.63, 3.8) is 0 Å². The monoisotopic (exact) mass is 410 g/mol. The predicted molar refractivity (Wildman–Crippen MR) is 102 cm³/mol. The van der Waals surface area contributed by atoms with E-state index in [1.807, 2.05) is 0 Å². The molecule has 10 heteroatoms. The summed E-state index contributed by atoms with van der Waals surface area (Å²) in [6, 6.07) is 5.22. The zero-order valence-corrected chi connectivity index (χ0v) is 16.6. The van der Waals surface area contributed by atoms with Crippen molar-refractivity contribution in [3.05, 3.63) is 35.9 Å². The van der Waals surface area contributed by atoms with Gasteiger partial charge in [0.2, 0.25) is 15.9 Å². The molecule has 0 aliphatic carbocycles. The Labute approximate surface area is 163 Å². The molecule has 0 atom stereocenters. The highest BCUT2D eigenvalue weighted by Gasteiger charge is 2.17. The van der Waals surface area contributed by atoms with Crippen LogP contribution >= 0.6 is 0 Å². The first-order valence-corrected chi connectivity index (χ1v) is 10.4. The Morgan fingerprint density at radius 1 is 1.21 bits per heavy atom. The van der Waals surface area contributed by atoms with Gasteiger partial charge in [0, 0.05) is 25.7 Å². The first-order chi connectivity index (χ1) is 13.4. The summed E-state index contributed by atoms with van der Waals surface area (Å²) in [5.41, 5.74) is 0. The smallest absolute Gasteiger partial charge is 0.240 e. The number of rotatable bonds is 8. The van der Waals surface area contributed by atoms with Gasteiger partial charge in [0.25, 0.3) is 0 Å². The maximum absolute atomic E-state index is 13.7. The first-order valence-electron chi connectivity index (χ1n) is 8.96. The van der Waals surface area contributed by atoms with Crippen molar-refractivity contribution in [2.75, 3.05) is 38.3 Å². The lowest BCUT2D eigenvalue weighted by molar-refractivity contribution is 0.309. The van der Waals surface area contributed by atoms with E-state index in [1.54, 1.807) is 13.0 Å². The number of aryl methyl sites for hydroxylation is 1. The summed E-state index contributed by atoms with van der Waals surface area (Å²) in [6.45, 7) is 3.78. The number of sulfonamides is 1. The molecule has 0 radical (unpaired) electrons. The third-order valence-electron chi connectivity index (χ3n) is 4.31. The van der Waals surface area contributed by atoms with Gasteiger partial charge < -0.3 is 14.4 Å². The Hall–Kier alpha value is -2.46. The van der Waals surface area contributed by atoms with Crippen LogP contribution in [0, 0.1) is 12.7 Å². The van der Waals surface area contributed by atoms with Gasteiger partial charge in [0.05, 0.1) is 12.0 Å². The zero-order valence-electron chi connectivity index (χ0n) is 15.8. The number of nitrogens with one attached hydrogen (secondary N) is 1. The summed E-state index contributed by atoms with van der Waals surface area (Å²) in [7, 11) is -2.55. The van der Waals surface area contributed by atoms with Gasteiger partial charge in [0.1, 0.15) is 18.2 Å². The zero-order chi connectivity index (χ0) is 20.1. The van der Waals surface area contributed by atoms with Crippen molar-refractivity contribution < 1.29 is 22.3 Å². The van der Waals surface area contributed by atoms with Crippen molar-refractivity contribution in [1.82, 2.24) is 14.7 Å². The maximum Gasteiger partial charge on any atom is 0.240 e. The third kappa shape index (κ3) is 4.87. The summed E-state index contributed by atoms with van der Waals surface area (Å²) >= 11 is 0. The average molecular weight is 410 g/mol. The van der Waals surface area contributed by atoms with Gasteiger partial charge in [-0.25, -0.2) is 22.5 Å². The number of benzene rings is 1. The second kappa shape index (κ2) is 8.70. The minimum Gasteiger partial charge on any atom is -0.494 e. The number of hydrogen-bond acceptors (Lipinski definition) is 7. The number of aromatic nitrogens is 2. The van der Waals surface area contributed by atoms with Crippen LogP contribution in [-0.4, -0.2) is 51.7 Å². The van der Waals surface area contributed by atoms with Crippen LogP contribution in [0.5, 0.6) is 11.6 Å². The van der Waals surface area contributed by atoms with Crippen molar-refractivity contribution in [2.45, 2.75) is 24.7 Å². The molecular formula is C18H23FN4O4S. The molecule has 2 heterocycles. The van der Waals surface area contributed by atoms with E-state index in [1.165, 1.54) is 19.2 Å². The number of hydrogen-bond donors (Lipinski definition) is 1. The number of halogens is 1. The van der Waals surface area contributed by atoms with Gasteiger partial charge in [0.15, 0.2) is 11.6 Å². The summed E-state index contributed by atoms with van der Waals surface area (Å²) in [5.74, 6) is 1.04. The molecule has 0 spiro atoms. The van der Waals surface area contributed by atoms with Crippen LogP contribution < -0.4 is 19.1 Å². The highest BCUT2D eigenvalue weighted by Crippen LogP contribution is 2.22. The largest absolute Gasteiger partial charge is 0.494 e. The van der Waals surface area contributed by atoms with Gasteiger partial charge in [-0.15, -0.1) is 0 Å². The van der Waals surface area contributed by atoms with Crippen LogP contribution in [0.1, 0.15) is 18.7 Å². The fourth-order valence-electron chi connectivity index (χ4n) is 2.94. The molecule has 1 fully saturated rings. The van der Waals surface area contributed by atoms with E-state index in [2.05, 4.69) is 19.6 Å². The van der Waals surface area contributed by atoms with Crippen molar-refractivity contribution in [1.29, 1.82) is 0 Å². The minimum atomic E-state index is -3.86. The SMILES string of the molecule is COc1ccc(S(=O)(=O)NCCOc2cc(N3CCCC3)nc(C)n2)cc1F. The van der Waals surface area contributed by atoms with E-state index in [0.29, 0.717) is 11.7 Å². The van der Waals surface area contributed by atoms with E-state index in [9.17, 15) is 12.8 Å². The highest BCUT2D eigenvalue weighted by atomic mass is 32.2. The van der Waals surface area contributed by atoms with Crippen LogP contribution in [0.3, 0.4) is 0 Å². The molecular weight excluding hydrogens is 387 g/mol. The molecule has 1 saturated heterocycles. The van der Waals surface area contributed by atoms with E-state index in [4.69, 9.17) is 9.47 Å². The Bertz CT molecular complexity index is 933. The molecule has 0 amide bonds. The molecule has 28 heavy (non-hydrogen) atoms. The van der Waals surface area contributed by atoms with Gasteiger partial charge in [-0.1, -0.05) is 0 Å². The van der Waals surface area contributed by atoms with E-state index in [-0.39, 0.29) is 23.8 Å². The topological polar surface area (TPSA) is 93.7 Å². The summed E-state index contributed by atoms with van der Waals surface area (Å²) in [4.78, 5) is 10.6. The molecule has 8 nitrogen and oxygen atoms in total. The van der Waals surface area contributed by atoms with Crippen LogP contribution in [0.25, 0.3) is 0 Å².